The van der Waals surface area contributed by atoms with Gasteiger partial charge in [0.05, 0.1) is 10.6 Å². The number of carboxylic acids is 1. The molecular weight excluding hydrogens is 304 g/mol. The Balaban J connectivity index is 2.14. The predicted molar refractivity (Wildman–Crippen MR) is 86.5 cm³/mol. The first-order chi connectivity index (χ1) is 10.2. The minimum absolute atomic E-state index is 0.314. The summed E-state index contributed by atoms with van der Waals surface area (Å²) in [6, 6.07) is 18.6. The molecule has 1 N–H and O–H groups in total. The van der Waals surface area contributed by atoms with Gasteiger partial charge in [0, 0.05) is 9.79 Å². The van der Waals surface area contributed by atoms with Gasteiger partial charge in [-0.2, -0.15) is 0 Å². The van der Waals surface area contributed by atoms with Crippen LogP contribution in [-0.2, 0) is 0 Å². The van der Waals surface area contributed by atoms with Gasteiger partial charge >= 0.3 is 5.97 Å². The van der Waals surface area contributed by atoms with E-state index in [0.29, 0.717) is 10.6 Å². The Kier molecular flexibility index (Phi) is 3.86. The number of aromatic carboxylic acids is 1. The fourth-order valence-electron chi connectivity index (χ4n) is 2.19. The number of carboxylic acid groups (broad SMARTS) is 1. The highest BCUT2D eigenvalue weighted by atomic mass is 35.5. The second kappa shape index (κ2) is 5.80. The molecule has 0 bridgehead atoms. The van der Waals surface area contributed by atoms with Crippen LogP contribution in [0.2, 0.25) is 5.02 Å². The molecule has 0 saturated heterocycles. The zero-order chi connectivity index (χ0) is 14.8. The molecule has 2 nitrogen and oxygen atoms in total. The van der Waals surface area contributed by atoms with Crippen LogP contribution in [0.3, 0.4) is 0 Å². The van der Waals surface area contributed by atoms with Gasteiger partial charge in [-0.05, 0) is 35.0 Å². The summed E-state index contributed by atoms with van der Waals surface area (Å²) < 4.78 is 0. The zero-order valence-corrected chi connectivity index (χ0v) is 12.5. The lowest BCUT2D eigenvalue weighted by molar-refractivity contribution is 0.0699. The second-order valence-corrected chi connectivity index (χ2v) is 5.99. The van der Waals surface area contributed by atoms with Crippen LogP contribution in [-0.4, -0.2) is 11.1 Å². The molecule has 0 amide bonds. The van der Waals surface area contributed by atoms with E-state index in [0.717, 1.165) is 20.6 Å². The highest BCUT2D eigenvalue weighted by molar-refractivity contribution is 7.99. The van der Waals surface area contributed by atoms with E-state index in [1.54, 1.807) is 6.07 Å². The predicted octanol–water partition coefficient (Wildman–Crippen LogP) is 5.34. The maximum Gasteiger partial charge on any atom is 0.336 e. The lowest BCUT2D eigenvalue weighted by atomic mass is 10.0. The van der Waals surface area contributed by atoms with Crippen LogP contribution >= 0.6 is 23.4 Å². The van der Waals surface area contributed by atoms with Gasteiger partial charge in [-0.15, -0.1) is 0 Å². The van der Waals surface area contributed by atoms with Crippen LogP contribution in [0.1, 0.15) is 10.4 Å². The number of hydrogen-bond donors (Lipinski definition) is 1. The second-order valence-electron chi connectivity index (χ2n) is 4.49. The summed E-state index contributed by atoms with van der Waals surface area (Å²) in [5.41, 5.74) is 0.314. The molecule has 0 heterocycles. The van der Waals surface area contributed by atoms with Crippen LogP contribution in [0.15, 0.2) is 70.5 Å². The Morgan fingerprint density at radius 3 is 2.24 bits per heavy atom. The smallest absolute Gasteiger partial charge is 0.336 e. The standard InChI is InChI=1S/C17H11ClO2S/c18-14-7-3-4-8-16(14)21-15-10-9-13(17(19)20)11-5-1-2-6-12(11)15/h1-10H,(H,19,20). The number of fused-ring (bicyclic) bond motifs is 1. The van der Waals surface area contributed by atoms with Gasteiger partial charge in [-0.1, -0.05) is 59.8 Å². The first-order valence-electron chi connectivity index (χ1n) is 6.34. The van der Waals surface area contributed by atoms with E-state index in [1.165, 1.54) is 11.8 Å². The molecular formula is C17H11ClO2S. The first-order valence-corrected chi connectivity index (χ1v) is 7.53. The average molecular weight is 315 g/mol. The highest BCUT2D eigenvalue weighted by Crippen LogP contribution is 2.37. The van der Waals surface area contributed by atoms with Crippen molar-refractivity contribution in [3.63, 3.8) is 0 Å². The van der Waals surface area contributed by atoms with Crippen molar-refractivity contribution >= 4 is 40.1 Å². The molecule has 0 saturated carbocycles. The molecule has 0 spiro atoms. The fourth-order valence-corrected chi connectivity index (χ4v) is 3.42. The third-order valence-electron chi connectivity index (χ3n) is 3.17. The minimum Gasteiger partial charge on any atom is -0.478 e. The van der Waals surface area contributed by atoms with E-state index >= 15 is 0 Å². The van der Waals surface area contributed by atoms with E-state index in [2.05, 4.69) is 0 Å². The van der Waals surface area contributed by atoms with Gasteiger partial charge in [0.1, 0.15) is 0 Å². The van der Waals surface area contributed by atoms with E-state index in [9.17, 15) is 9.90 Å². The molecule has 21 heavy (non-hydrogen) atoms. The quantitative estimate of drug-likeness (QED) is 0.708. The summed E-state index contributed by atoms with van der Waals surface area (Å²) in [4.78, 5) is 13.3. The summed E-state index contributed by atoms with van der Waals surface area (Å²) in [7, 11) is 0. The number of rotatable bonds is 3. The van der Waals surface area contributed by atoms with Gasteiger partial charge in [0.2, 0.25) is 0 Å². The van der Waals surface area contributed by atoms with Gasteiger partial charge in [0.25, 0.3) is 0 Å². The van der Waals surface area contributed by atoms with Crippen molar-refractivity contribution in [3.05, 3.63) is 71.2 Å². The number of hydrogen-bond acceptors (Lipinski definition) is 2. The van der Waals surface area contributed by atoms with Gasteiger partial charge in [-0.3, -0.25) is 0 Å². The maximum atomic E-state index is 11.3. The topological polar surface area (TPSA) is 37.3 Å². The Bertz CT molecular complexity index is 830. The van der Waals surface area contributed by atoms with Crippen molar-refractivity contribution in [2.45, 2.75) is 9.79 Å². The number of benzene rings is 3. The first kappa shape index (κ1) is 14.0. The average Bonchev–Trinajstić information content (AvgIpc) is 2.49. The molecule has 0 aliphatic heterocycles. The van der Waals surface area contributed by atoms with E-state index in [4.69, 9.17) is 11.6 Å². The third kappa shape index (κ3) is 2.75. The summed E-state index contributed by atoms with van der Waals surface area (Å²) in [5.74, 6) is -0.916. The maximum absolute atomic E-state index is 11.3. The van der Waals surface area contributed by atoms with E-state index in [-0.39, 0.29) is 0 Å². The van der Waals surface area contributed by atoms with Crippen LogP contribution in [0, 0.1) is 0 Å². The van der Waals surface area contributed by atoms with Gasteiger partial charge < -0.3 is 5.11 Å². The molecule has 0 atom stereocenters. The molecule has 0 fully saturated rings. The van der Waals surface area contributed by atoms with E-state index < -0.39 is 5.97 Å². The molecule has 0 aliphatic rings. The van der Waals surface area contributed by atoms with Crippen molar-refractivity contribution in [2.24, 2.45) is 0 Å². The molecule has 104 valence electrons. The number of halogens is 1. The largest absolute Gasteiger partial charge is 0.478 e. The lowest BCUT2D eigenvalue weighted by Gasteiger charge is -2.09. The Morgan fingerprint density at radius 1 is 0.857 bits per heavy atom. The summed E-state index contributed by atoms with van der Waals surface area (Å²) in [5, 5.41) is 11.6. The van der Waals surface area contributed by atoms with Gasteiger partial charge in [-0.25, -0.2) is 4.79 Å². The van der Waals surface area contributed by atoms with Crippen molar-refractivity contribution < 1.29 is 9.90 Å². The van der Waals surface area contributed by atoms with Crippen LogP contribution in [0.4, 0.5) is 0 Å². The van der Waals surface area contributed by atoms with Crippen molar-refractivity contribution in [2.75, 3.05) is 0 Å². The molecule has 0 aliphatic carbocycles. The molecule has 3 aromatic rings. The third-order valence-corrected chi connectivity index (χ3v) is 4.76. The molecule has 4 heteroatoms. The fraction of sp³-hybridized carbons (Fsp3) is 0. The van der Waals surface area contributed by atoms with Gasteiger partial charge in [0.15, 0.2) is 0 Å². The van der Waals surface area contributed by atoms with Crippen LogP contribution in [0.5, 0.6) is 0 Å². The molecule has 3 rings (SSSR count). The summed E-state index contributed by atoms with van der Waals surface area (Å²) in [6.45, 7) is 0. The van der Waals surface area contributed by atoms with Crippen molar-refractivity contribution in [1.82, 2.24) is 0 Å². The van der Waals surface area contributed by atoms with Crippen molar-refractivity contribution in [1.29, 1.82) is 0 Å². The van der Waals surface area contributed by atoms with Crippen LogP contribution < -0.4 is 0 Å². The molecule has 0 unspecified atom stereocenters. The molecule has 0 radical (unpaired) electrons. The SMILES string of the molecule is O=C(O)c1ccc(Sc2ccccc2Cl)c2ccccc12. The summed E-state index contributed by atoms with van der Waals surface area (Å²) in [6.07, 6.45) is 0. The Hall–Kier alpha value is -1.97. The monoisotopic (exact) mass is 314 g/mol. The van der Waals surface area contributed by atoms with Crippen LogP contribution in [0.25, 0.3) is 10.8 Å². The van der Waals surface area contributed by atoms with E-state index in [1.807, 2.05) is 54.6 Å². The Labute approximate surface area is 131 Å². The summed E-state index contributed by atoms with van der Waals surface area (Å²) >= 11 is 7.73. The highest BCUT2D eigenvalue weighted by Gasteiger charge is 2.12. The minimum atomic E-state index is -0.916. The molecule has 0 aromatic heterocycles. The van der Waals surface area contributed by atoms with Crippen molar-refractivity contribution in [3.8, 4) is 0 Å². The number of carbonyl (C=O) groups is 1. The normalized spacial score (nSPS) is 10.7. The Morgan fingerprint density at radius 2 is 1.52 bits per heavy atom. The zero-order valence-electron chi connectivity index (χ0n) is 10.9. The molecule has 3 aromatic carbocycles. The lowest BCUT2D eigenvalue weighted by Crippen LogP contribution is -1.97.